The van der Waals surface area contributed by atoms with Crippen molar-refractivity contribution < 1.29 is 9.66 Å². The van der Waals surface area contributed by atoms with E-state index in [0.717, 1.165) is 37.6 Å². The molecule has 1 aromatic carbocycles. The van der Waals surface area contributed by atoms with Gasteiger partial charge in [0.05, 0.1) is 11.5 Å². The monoisotopic (exact) mass is 264 g/mol. The van der Waals surface area contributed by atoms with Crippen LogP contribution < -0.4 is 5.32 Å². The van der Waals surface area contributed by atoms with E-state index in [-0.39, 0.29) is 10.6 Å². The molecule has 1 N–H and O–H groups in total. The van der Waals surface area contributed by atoms with Crippen molar-refractivity contribution in [3.05, 3.63) is 39.9 Å². The van der Waals surface area contributed by atoms with Crippen LogP contribution in [0, 0.1) is 16.0 Å². The van der Waals surface area contributed by atoms with Gasteiger partial charge in [-0.1, -0.05) is 18.2 Å². The normalized spacial score (nSPS) is 18.6. The van der Waals surface area contributed by atoms with E-state index >= 15 is 0 Å². The van der Waals surface area contributed by atoms with Crippen LogP contribution in [0.15, 0.2) is 24.3 Å². The first-order valence-corrected chi connectivity index (χ1v) is 6.78. The summed E-state index contributed by atoms with van der Waals surface area (Å²) in [6.45, 7) is 3.49. The van der Waals surface area contributed by atoms with Gasteiger partial charge < -0.3 is 10.1 Å². The molecular formula is C14H20N2O3. The lowest BCUT2D eigenvalue weighted by Crippen LogP contribution is -2.11. The minimum absolute atomic E-state index is 0.186. The Morgan fingerprint density at radius 2 is 2.21 bits per heavy atom. The number of benzene rings is 1. The molecule has 0 aliphatic carbocycles. The fourth-order valence-corrected chi connectivity index (χ4v) is 2.40. The predicted octanol–water partition coefficient (Wildman–Crippen LogP) is 2.15. The van der Waals surface area contributed by atoms with Crippen molar-refractivity contribution in [1.29, 1.82) is 0 Å². The zero-order chi connectivity index (χ0) is 13.5. The molecule has 1 saturated heterocycles. The lowest BCUT2D eigenvalue weighted by atomic mass is 10.1. The molecule has 0 saturated carbocycles. The molecule has 19 heavy (non-hydrogen) atoms. The molecule has 0 bridgehead atoms. The van der Waals surface area contributed by atoms with Gasteiger partial charge in [-0.3, -0.25) is 10.1 Å². The van der Waals surface area contributed by atoms with E-state index in [0.29, 0.717) is 13.0 Å². The smallest absolute Gasteiger partial charge is 0.272 e. The number of hydrogen-bond acceptors (Lipinski definition) is 4. The molecule has 0 aromatic heterocycles. The first kappa shape index (κ1) is 14.0. The molecule has 1 aliphatic heterocycles. The number of ether oxygens (including phenoxy) is 1. The molecule has 1 atom stereocenters. The average Bonchev–Trinajstić information content (AvgIpc) is 2.92. The lowest BCUT2D eigenvalue weighted by Gasteiger charge is -2.08. The summed E-state index contributed by atoms with van der Waals surface area (Å²) in [5.41, 5.74) is 0.932. The van der Waals surface area contributed by atoms with Gasteiger partial charge in [-0.25, -0.2) is 0 Å². The standard InChI is InChI=1S/C14H20N2O3/c17-16(18)14-4-2-1-3-13(14)7-10-19-9-6-12-5-8-15-11-12/h1-4,12,15H,5-11H2. The van der Waals surface area contributed by atoms with Gasteiger partial charge in [0.25, 0.3) is 5.69 Å². The fourth-order valence-electron chi connectivity index (χ4n) is 2.40. The van der Waals surface area contributed by atoms with Gasteiger partial charge in [0, 0.05) is 24.7 Å². The van der Waals surface area contributed by atoms with Crippen LogP contribution in [0.1, 0.15) is 18.4 Å². The largest absolute Gasteiger partial charge is 0.381 e. The Morgan fingerprint density at radius 3 is 2.95 bits per heavy atom. The van der Waals surface area contributed by atoms with Gasteiger partial charge in [0.2, 0.25) is 0 Å². The molecule has 1 aromatic rings. The number of hydrogen-bond donors (Lipinski definition) is 1. The van der Waals surface area contributed by atoms with Crippen LogP contribution in [-0.4, -0.2) is 31.2 Å². The molecule has 1 fully saturated rings. The zero-order valence-corrected chi connectivity index (χ0v) is 11.0. The van der Waals surface area contributed by atoms with Crippen LogP contribution in [-0.2, 0) is 11.2 Å². The third-order valence-corrected chi connectivity index (χ3v) is 3.54. The van der Waals surface area contributed by atoms with Crippen LogP contribution in [0.3, 0.4) is 0 Å². The van der Waals surface area contributed by atoms with Gasteiger partial charge in [0.1, 0.15) is 0 Å². The van der Waals surface area contributed by atoms with E-state index in [2.05, 4.69) is 5.32 Å². The van der Waals surface area contributed by atoms with Crippen molar-refractivity contribution in [2.24, 2.45) is 5.92 Å². The van der Waals surface area contributed by atoms with Crippen LogP contribution in [0.2, 0.25) is 0 Å². The molecular weight excluding hydrogens is 244 g/mol. The van der Waals surface area contributed by atoms with E-state index in [4.69, 9.17) is 4.74 Å². The summed E-state index contributed by atoms with van der Waals surface area (Å²) in [4.78, 5) is 10.5. The maximum atomic E-state index is 10.8. The summed E-state index contributed by atoms with van der Waals surface area (Å²) >= 11 is 0. The summed E-state index contributed by atoms with van der Waals surface area (Å²) in [6.07, 6.45) is 2.90. The summed E-state index contributed by atoms with van der Waals surface area (Å²) in [6, 6.07) is 6.85. The van der Waals surface area contributed by atoms with Gasteiger partial charge in [-0.2, -0.15) is 0 Å². The number of nitro benzene ring substituents is 1. The Balaban J connectivity index is 1.69. The third kappa shape index (κ3) is 4.29. The Morgan fingerprint density at radius 1 is 1.37 bits per heavy atom. The fraction of sp³-hybridized carbons (Fsp3) is 0.571. The van der Waals surface area contributed by atoms with E-state index in [1.54, 1.807) is 18.2 Å². The first-order chi connectivity index (χ1) is 9.27. The Labute approximate surface area is 113 Å². The summed E-state index contributed by atoms with van der Waals surface area (Å²) < 4.78 is 5.58. The maximum Gasteiger partial charge on any atom is 0.272 e. The molecule has 0 spiro atoms. The second-order valence-corrected chi connectivity index (χ2v) is 4.90. The second-order valence-electron chi connectivity index (χ2n) is 4.90. The van der Waals surface area contributed by atoms with E-state index in [1.807, 2.05) is 6.07 Å². The van der Waals surface area contributed by atoms with Crippen molar-refractivity contribution in [1.82, 2.24) is 5.32 Å². The maximum absolute atomic E-state index is 10.8. The van der Waals surface area contributed by atoms with Crippen molar-refractivity contribution >= 4 is 5.69 Å². The minimum Gasteiger partial charge on any atom is -0.381 e. The summed E-state index contributed by atoms with van der Waals surface area (Å²) in [5, 5.41) is 14.2. The summed E-state index contributed by atoms with van der Waals surface area (Å²) in [5.74, 6) is 0.728. The number of nitrogens with one attached hydrogen (secondary N) is 1. The van der Waals surface area contributed by atoms with Crippen molar-refractivity contribution in [2.45, 2.75) is 19.3 Å². The van der Waals surface area contributed by atoms with Crippen LogP contribution >= 0.6 is 0 Å². The molecule has 1 heterocycles. The van der Waals surface area contributed by atoms with E-state index in [9.17, 15) is 10.1 Å². The summed E-state index contributed by atoms with van der Waals surface area (Å²) in [7, 11) is 0. The number of rotatable bonds is 7. The van der Waals surface area contributed by atoms with Crippen molar-refractivity contribution in [3.63, 3.8) is 0 Å². The molecule has 104 valence electrons. The van der Waals surface area contributed by atoms with Crippen LogP contribution in [0.5, 0.6) is 0 Å². The Kier molecular flexibility index (Phi) is 5.30. The topological polar surface area (TPSA) is 64.4 Å². The van der Waals surface area contributed by atoms with Gasteiger partial charge in [0.15, 0.2) is 0 Å². The highest BCUT2D eigenvalue weighted by molar-refractivity contribution is 5.39. The van der Waals surface area contributed by atoms with Crippen LogP contribution in [0.4, 0.5) is 5.69 Å². The van der Waals surface area contributed by atoms with E-state index < -0.39 is 0 Å². The Hall–Kier alpha value is -1.46. The van der Waals surface area contributed by atoms with Gasteiger partial charge >= 0.3 is 0 Å². The quantitative estimate of drug-likeness (QED) is 0.465. The number of nitrogens with zero attached hydrogens (tertiary/aromatic N) is 1. The number of nitro groups is 1. The molecule has 1 unspecified atom stereocenters. The highest BCUT2D eigenvalue weighted by atomic mass is 16.6. The Bertz CT molecular complexity index is 417. The molecule has 0 radical (unpaired) electrons. The molecule has 5 nitrogen and oxygen atoms in total. The second kappa shape index (κ2) is 7.21. The molecule has 2 rings (SSSR count). The number of para-hydroxylation sites is 1. The molecule has 1 aliphatic rings. The van der Waals surface area contributed by atoms with Crippen LogP contribution in [0.25, 0.3) is 0 Å². The van der Waals surface area contributed by atoms with E-state index in [1.165, 1.54) is 6.42 Å². The zero-order valence-electron chi connectivity index (χ0n) is 11.0. The predicted molar refractivity (Wildman–Crippen MR) is 73.2 cm³/mol. The van der Waals surface area contributed by atoms with Gasteiger partial charge in [-0.15, -0.1) is 0 Å². The first-order valence-electron chi connectivity index (χ1n) is 6.78. The van der Waals surface area contributed by atoms with Gasteiger partial charge in [-0.05, 0) is 31.8 Å². The highest BCUT2D eigenvalue weighted by Gasteiger charge is 2.14. The lowest BCUT2D eigenvalue weighted by molar-refractivity contribution is -0.385. The SMILES string of the molecule is O=[N+]([O-])c1ccccc1CCOCCC1CCNC1. The third-order valence-electron chi connectivity index (χ3n) is 3.54. The van der Waals surface area contributed by atoms with Crippen molar-refractivity contribution in [2.75, 3.05) is 26.3 Å². The average molecular weight is 264 g/mol. The molecule has 5 heteroatoms. The van der Waals surface area contributed by atoms with Crippen molar-refractivity contribution in [3.8, 4) is 0 Å². The minimum atomic E-state index is -0.334. The molecule has 0 amide bonds. The highest BCUT2D eigenvalue weighted by Crippen LogP contribution is 2.18.